The van der Waals surface area contributed by atoms with Gasteiger partial charge in [-0.05, 0) is 24.3 Å². The molecule has 0 fully saturated rings. The van der Waals surface area contributed by atoms with Crippen molar-refractivity contribution in [2.24, 2.45) is 0 Å². The van der Waals surface area contributed by atoms with E-state index in [1.807, 2.05) is 19.0 Å². The van der Waals surface area contributed by atoms with E-state index in [0.29, 0.717) is 5.69 Å². The Morgan fingerprint density at radius 2 is 1.80 bits per heavy atom. The van der Waals surface area contributed by atoms with E-state index in [-0.39, 0.29) is 6.54 Å². The quantitative estimate of drug-likeness (QED) is 0.795. The summed E-state index contributed by atoms with van der Waals surface area (Å²) < 4.78 is 1.18. The Kier molecular flexibility index (Phi) is 5.72. The first-order valence-electron chi connectivity index (χ1n) is 7.44. The zero-order chi connectivity index (χ0) is 18.4. The maximum atomic E-state index is 12.4. The highest BCUT2D eigenvalue weighted by Gasteiger charge is 2.19. The number of hydrogen-bond donors (Lipinski definition) is 2. The van der Waals surface area contributed by atoms with Crippen molar-refractivity contribution in [1.29, 1.82) is 0 Å². The number of nitrogens with one attached hydrogen (secondary N) is 1. The van der Waals surface area contributed by atoms with Gasteiger partial charge in [0.2, 0.25) is 5.91 Å². The standard InChI is InChI=1S/C16H19N5O4/c1-19(2)12-3-5-13(6-4-12)21(10-15(23)24)14(22)9-18-16(25)20-8-7-17-11-20/h3-8,11H,9-10H2,1-2H3,(H,18,25)(H,23,24). The maximum Gasteiger partial charge on any atom is 0.327 e. The predicted octanol–water partition coefficient (Wildman–Crippen LogP) is 0.625. The fourth-order valence-corrected chi connectivity index (χ4v) is 2.11. The average Bonchev–Trinajstić information content (AvgIpc) is 3.12. The van der Waals surface area contributed by atoms with Gasteiger partial charge in [0.15, 0.2) is 0 Å². The van der Waals surface area contributed by atoms with Crippen molar-refractivity contribution in [3.63, 3.8) is 0 Å². The van der Waals surface area contributed by atoms with E-state index >= 15 is 0 Å². The minimum Gasteiger partial charge on any atom is -0.480 e. The Labute approximate surface area is 144 Å². The minimum atomic E-state index is -1.15. The lowest BCUT2D eigenvalue weighted by molar-refractivity contribution is -0.136. The van der Waals surface area contributed by atoms with Gasteiger partial charge in [0.25, 0.3) is 0 Å². The molecule has 9 heteroatoms. The van der Waals surface area contributed by atoms with Crippen LogP contribution in [0.3, 0.4) is 0 Å². The van der Waals surface area contributed by atoms with Gasteiger partial charge in [0.1, 0.15) is 12.9 Å². The van der Waals surface area contributed by atoms with Crippen LogP contribution in [0.2, 0.25) is 0 Å². The zero-order valence-corrected chi connectivity index (χ0v) is 13.9. The van der Waals surface area contributed by atoms with Crippen molar-refractivity contribution in [3.8, 4) is 0 Å². The summed E-state index contributed by atoms with van der Waals surface area (Å²) in [5.74, 6) is -1.68. The molecular weight excluding hydrogens is 326 g/mol. The number of aliphatic carboxylic acids is 1. The molecule has 2 aromatic rings. The molecule has 0 aliphatic carbocycles. The molecule has 0 aliphatic heterocycles. The average molecular weight is 345 g/mol. The molecular formula is C16H19N5O4. The Morgan fingerprint density at radius 3 is 2.32 bits per heavy atom. The molecule has 0 atom stereocenters. The lowest BCUT2D eigenvalue weighted by Gasteiger charge is -2.22. The number of carbonyl (C=O) groups excluding carboxylic acids is 2. The molecule has 0 aliphatic rings. The summed E-state index contributed by atoms with van der Waals surface area (Å²) in [5.41, 5.74) is 1.36. The summed E-state index contributed by atoms with van der Waals surface area (Å²) in [7, 11) is 3.75. The van der Waals surface area contributed by atoms with E-state index in [9.17, 15) is 14.4 Å². The van der Waals surface area contributed by atoms with Gasteiger partial charge in [-0.1, -0.05) is 0 Å². The van der Waals surface area contributed by atoms with Gasteiger partial charge in [0, 0.05) is 37.9 Å². The molecule has 25 heavy (non-hydrogen) atoms. The highest BCUT2D eigenvalue weighted by Crippen LogP contribution is 2.19. The number of carbonyl (C=O) groups is 3. The fraction of sp³-hybridized carbons (Fsp3) is 0.250. The number of aromatic nitrogens is 2. The van der Waals surface area contributed by atoms with Gasteiger partial charge in [-0.15, -0.1) is 0 Å². The number of imidazole rings is 1. The van der Waals surface area contributed by atoms with Crippen LogP contribution < -0.4 is 15.1 Å². The van der Waals surface area contributed by atoms with Crippen LogP contribution in [0.15, 0.2) is 43.0 Å². The van der Waals surface area contributed by atoms with E-state index in [2.05, 4.69) is 10.3 Å². The van der Waals surface area contributed by atoms with Gasteiger partial charge in [-0.3, -0.25) is 19.1 Å². The van der Waals surface area contributed by atoms with Crippen LogP contribution in [-0.4, -0.2) is 59.8 Å². The minimum absolute atomic E-state index is 0.334. The number of anilines is 2. The highest BCUT2D eigenvalue weighted by atomic mass is 16.4. The van der Waals surface area contributed by atoms with Crippen molar-refractivity contribution in [1.82, 2.24) is 14.9 Å². The van der Waals surface area contributed by atoms with Gasteiger partial charge in [-0.2, -0.15) is 0 Å². The lowest BCUT2D eigenvalue weighted by atomic mass is 10.2. The molecule has 2 amide bonds. The number of rotatable bonds is 6. The lowest BCUT2D eigenvalue weighted by Crippen LogP contribution is -2.43. The molecule has 2 rings (SSSR count). The fourth-order valence-electron chi connectivity index (χ4n) is 2.11. The second kappa shape index (κ2) is 7.95. The van der Waals surface area contributed by atoms with E-state index < -0.39 is 24.5 Å². The summed E-state index contributed by atoms with van der Waals surface area (Å²) in [5, 5.41) is 11.5. The third kappa shape index (κ3) is 4.80. The van der Waals surface area contributed by atoms with Crippen molar-refractivity contribution >= 4 is 29.3 Å². The molecule has 1 aromatic heterocycles. The van der Waals surface area contributed by atoms with Crippen LogP contribution in [0.1, 0.15) is 0 Å². The summed E-state index contributed by atoms with van der Waals surface area (Å²) in [6.45, 7) is -0.833. The third-order valence-electron chi connectivity index (χ3n) is 3.40. The third-order valence-corrected chi connectivity index (χ3v) is 3.40. The molecule has 2 N–H and O–H groups in total. The van der Waals surface area contributed by atoms with E-state index in [0.717, 1.165) is 10.6 Å². The smallest absolute Gasteiger partial charge is 0.327 e. The maximum absolute atomic E-state index is 12.4. The van der Waals surface area contributed by atoms with E-state index in [1.165, 1.54) is 23.3 Å². The van der Waals surface area contributed by atoms with Crippen LogP contribution in [0, 0.1) is 0 Å². The molecule has 1 heterocycles. The highest BCUT2D eigenvalue weighted by molar-refractivity contribution is 6.00. The number of benzene rings is 1. The van der Waals surface area contributed by atoms with Gasteiger partial charge in [0.05, 0.1) is 6.54 Å². The van der Waals surface area contributed by atoms with Crippen LogP contribution in [0.25, 0.3) is 0 Å². The van der Waals surface area contributed by atoms with Gasteiger partial charge < -0.3 is 15.3 Å². The number of hydrogen-bond acceptors (Lipinski definition) is 5. The molecule has 0 unspecified atom stereocenters. The second-order valence-electron chi connectivity index (χ2n) is 5.41. The van der Waals surface area contributed by atoms with Crippen LogP contribution >= 0.6 is 0 Å². The van der Waals surface area contributed by atoms with Crippen molar-refractivity contribution < 1.29 is 19.5 Å². The van der Waals surface area contributed by atoms with Crippen LogP contribution in [-0.2, 0) is 9.59 Å². The number of carboxylic acids is 1. The molecule has 1 aromatic carbocycles. The van der Waals surface area contributed by atoms with Crippen molar-refractivity contribution in [2.45, 2.75) is 0 Å². The molecule has 0 spiro atoms. The first-order valence-corrected chi connectivity index (χ1v) is 7.44. The Balaban J connectivity index is 2.09. The first kappa shape index (κ1) is 18.0. The largest absolute Gasteiger partial charge is 0.480 e. The Hall–Kier alpha value is -3.36. The Bertz CT molecular complexity index is 740. The monoisotopic (exact) mass is 345 g/mol. The second-order valence-corrected chi connectivity index (χ2v) is 5.41. The summed E-state index contributed by atoms with van der Waals surface area (Å²) in [6.07, 6.45) is 4.17. The molecule has 0 saturated carbocycles. The summed E-state index contributed by atoms with van der Waals surface area (Å²) in [4.78, 5) is 42.0. The van der Waals surface area contributed by atoms with E-state index in [1.54, 1.807) is 24.3 Å². The van der Waals surface area contributed by atoms with Gasteiger partial charge >= 0.3 is 12.0 Å². The summed E-state index contributed by atoms with van der Waals surface area (Å²) in [6, 6.07) is 6.36. The molecule has 0 radical (unpaired) electrons. The van der Waals surface area contributed by atoms with Crippen molar-refractivity contribution in [2.75, 3.05) is 37.0 Å². The molecule has 0 bridgehead atoms. The van der Waals surface area contributed by atoms with E-state index in [4.69, 9.17) is 5.11 Å². The SMILES string of the molecule is CN(C)c1ccc(N(CC(=O)O)C(=O)CNC(=O)n2ccnc2)cc1. The van der Waals surface area contributed by atoms with Gasteiger partial charge in [-0.25, -0.2) is 9.78 Å². The van der Waals surface area contributed by atoms with Crippen LogP contribution in [0.4, 0.5) is 16.2 Å². The topological polar surface area (TPSA) is 108 Å². The van der Waals surface area contributed by atoms with Crippen LogP contribution in [0.5, 0.6) is 0 Å². The number of nitrogens with zero attached hydrogens (tertiary/aromatic N) is 4. The first-order chi connectivity index (χ1) is 11.9. The zero-order valence-electron chi connectivity index (χ0n) is 13.9. The summed E-state index contributed by atoms with van der Waals surface area (Å²) >= 11 is 0. The number of carboxylic acid groups (broad SMARTS) is 1. The molecule has 0 saturated heterocycles. The predicted molar refractivity (Wildman–Crippen MR) is 91.8 cm³/mol. The van der Waals surface area contributed by atoms with Crippen molar-refractivity contribution in [3.05, 3.63) is 43.0 Å². The molecule has 9 nitrogen and oxygen atoms in total. The Morgan fingerprint density at radius 1 is 1.16 bits per heavy atom. The normalized spacial score (nSPS) is 10.2. The molecule has 132 valence electrons. The number of amides is 2.